The van der Waals surface area contributed by atoms with Crippen LogP contribution in [0.15, 0.2) is 42.5 Å². The molecule has 1 aliphatic carbocycles. The molecule has 2 saturated heterocycles. The van der Waals surface area contributed by atoms with Crippen molar-refractivity contribution in [3.8, 4) is 11.3 Å². The molecule has 3 aliphatic rings. The zero-order valence-electron chi connectivity index (χ0n) is 18.4. The number of nitrogens with zero attached hydrogens (tertiary/aromatic N) is 5. The van der Waals surface area contributed by atoms with Crippen molar-refractivity contribution in [2.75, 3.05) is 25.4 Å². The van der Waals surface area contributed by atoms with Gasteiger partial charge in [0.05, 0.1) is 11.6 Å². The summed E-state index contributed by atoms with van der Waals surface area (Å²) in [6.07, 6.45) is 3.13. The second kappa shape index (κ2) is 8.52. The van der Waals surface area contributed by atoms with E-state index in [0.717, 1.165) is 48.4 Å². The van der Waals surface area contributed by atoms with Gasteiger partial charge in [0, 0.05) is 37.3 Å². The molecule has 2 atom stereocenters. The van der Waals surface area contributed by atoms with Gasteiger partial charge < -0.3 is 10.8 Å². The van der Waals surface area contributed by atoms with Crippen LogP contribution in [0.2, 0.25) is 0 Å². The summed E-state index contributed by atoms with van der Waals surface area (Å²) < 4.78 is 1.81. The first-order chi connectivity index (χ1) is 15.5. The van der Waals surface area contributed by atoms with E-state index in [1.54, 1.807) is 0 Å². The second-order valence-electron chi connectivity index (χ2n) is 9.02. The topological polar surface area (TPSA) is 100.0 Å². The lowest BCUT2D eigenvalue weighted by Crippen LogP contribution is -2.45. The van der Waals surface area contributed by atoms with Crippen molar-refractivity contribution < 1.29 is 9.90 Å². The monoisotopic (exact) mass is 434 g/mol. The Kier molecular flexibility index (Phi) is 5.57. The fourth-order valence-corrected chi connectivity index (χ4v) is 4.90. The number of nitrogens with two attached hydrogens (primary N) is 1. The summed E-state index contributed by atoms with van der Waals surface area (Å²) >= 11 is 0. The van der Waals surface area contributed by atoms with Gasteiger partial charge in [-0.05, 0) is 43.5 Å². The molecular weight excluding hydrogens is 404 g/mol. The molecule has 0 unspecified atom stereocenters. The van der Waals surface area contributed by atoms with Crippen molar-refractivity contribution in [2.24, 2.45) is 5.92 Å². The van der Waals surface area contributed by atoms with Crippen LogP contribution in [0.1, 0.15) is 31.7 Å². The van der Waals surface area contributed by atoms with E-state index >= 15 is 0 Å². The third-order valence-electron chi connectivity index (χ3n) is 6.81. The SMILES string of the molecule is CCN1C[C@H]2C[C@@H]1CN2Cc1ccc(-c2cccc3nc(N)nn23)cc1.O=C(O)C1CC1. The Hall–Kier alpha value is -2.97. The van der Waals surface area contributed by atoms with E-state index in [9.17, 15) is 4.79 Å². The van der Waals surface area contributed by atoms with Gasteiger partial charge in [0.2, 0.25) is 5.95 Å². The zero-order chi connectivity index (χ0) is 22.2. The Morgan fingerprint density at radius 2 is 1.81 bits per heavy atom. The molecular formula is C24H30N6O2. The van der Waals surface area contributed by atoms with Crippen molar-refractivity contribution in [1.82, 2.24) is 24.4 Å². The van der Waals surface area contributed by atoms with Crippen molar-refractivity contribution in [3.63, 3.8) is 0 Å². The van der Waals surface area contributed by atoms with E-state index in [1.807, 2.05) is 16.6 Å². The number of benzene rings is 1. The van der Waals surface area contributed by atoms with Crippen molar-refractivity contribution in [3.05, 3.63) is 48.0 Å². The highest BCUT2D eigenvalue weighted by Gasteiger charge is 2.42. The Morgan fingerprint density at radius 3 is 2.41 bits per heavy atom. The number of likely N-dealkylation sites (tertiary alicyclic amines) is 2. The molecule has 3 aromatic rings. The number of rotatable bonds is 5. The quantitative estimate of drug-likeness (QED) is 0.637. The second-order valence-corrected chi connectivity index (χ2v) is 9.02. The van der Waals surface area contributed by atoms with Crippen LogP contribution in [-0.4, -0.2) is 67.2 Å². The van der Waals surface area contributed by atoms with Crippen LogP contribution in [0.4, 0.5) is 5.95 Å². The minimum Gasteiger partial charge on any atom is -0.481 e. The standard InChI is InChI=1S/C20H24N6.C4H6O2/c1-2-24-12-17-10-16(24)13-25(17)11-14-6-8-15(9-7-14)18-4-3-5-19-22-20(21)23-26(18)19;5-4(6)3-1-2-3/h3-9,16-17H,2,10-13H2,1H3,(H2,21,23);3H,1-2H2,(H,5,6)/t16-,17-;/m1./s1. The molecule has 0 amide bonds. The smallest absolute Gasteiger partial charge is 0.306 e. The first-order valence-electron chi connectivity index (χ1n) is 11.4. The molecule has 3 fully saturated rings. The number of nitrogen functional groups attached to an aromatic ring is 1. The van der Waals surface area contributed by atoms with Gasteiger partial charge in [0.25, 0.3) is 0 Å². The number of pyridine rings is 1. The molecule has 3 N–H and O–H groups in total. The average Bonchev–Trinajstić information content (AvgIpc) is 3.32. The minimum absolute atomic E-state index is 0.0185. The summed E-state index contributed by atoms with van der Waals surface area (Å²) in [5.74, 6) is -0.306. The molecule has 32 heavy (non-hydrogen) atoms. The average molecular weight is 435 g/mol. The Balaban J connectivity index is 0.000000314. The van der Waals surface area contributed by atoms with Gasteiger partial charge in [-0.25, -0.2) is 4.52 Å². The lowest BCUT2D eigenvalue weighted by Gasteiger charge is -2.33. The summed E-state index contributed by atoms with van der Waals surface area (Å²) in [6, 6.07) is 16.3. The van der Waals surface area contributed by atoms with Crippen LogP contribution in [0.3, 0.4) is 0 Å². The van der Waals surface area contributed by atoms with E-state index < -0.39 is 5.97 Å². The first kappa shape index (κ1) is 20.9. The van der Waals surface area contributed by atoms with Gasteiger partial charge in [0.1, 0.15) is 0 Å². The van der Waals surface area contributed by atoms with Gasteiger partial charge in [-0.3, -0.25) is 14.6 Å². The third-order valence-corrected chi connectivity index (χ3v) is 6.81. The predicted octanol–water partition coefficient (Wildman–Crippen LogP) is 2.74. The summed E-state index contributed by atoms with van der Waals surface area (Å²) in [7, 11) is 0. The maximum Gasteiger partial charge on any atom is 0.306 e. The number of aliphatic carboxylic acids is 1. The molecule has 1 aromatic carbocycles. The summed E-state index contributed by atoms with van der Waals surface area (Å²) in [4.78, 5) is 19.3. The largest absolute Gasteiger partial charge is 0.481 e. The maximum atomic E-state index is 9.76. The highest BCUT2D eigenvalue weighted by Crippen LogP contribution is 2.32. The summed E-state index contributed by atoms with van der Waals surface area (Å²) in [6.45, 7) is 6.93. The Labute approximate surface area is 187 Å². The van der Waals surface area contributed by atoms with Gasteiger partial charge in [-0.2, -0.15) is 4.98 Å². The van der Waals surface area contributed by atoms with Crippen molar-refractivity contribution >= 4 is 17.6 Å². The molecule has 8 heteroatoms. The summed E-state index contributed by atoms with van der Waals surface area (Å²) in [5, 5.41) is 12.4. The van der Waals surface area contributed by atoms with Gasteiger partial charge in [-0.1, -0.05) is 37.3 Å². The highest BCUT2D eigenvalue weighted by atomic mass is 16.4. The van der Waals surface area contributed by atoms with Crippen molar-refractivity contribution in [1.29, 1.82) is 0 Å². The Bertz CT molecular complexity index is 1110. The number of fused-ring (bicyclic) bond motifs is 3. The number of piperazine rings is 1. The van der Waals surface area contributed by atoms with Crippen LogP contribution in [-0.2, 0) is 11.3 Å². The number of carbonyl (C=O) groups is 1. The van der Waals surface area contributed by atoms with Gasteiger partial charge in [-0.15, -0.1) is 5.10 Å². The number of carboxylic acids is 1. The van der Waals surface area contributed by atoms with E-state index in [-0.39, 0.29) is 5.92 Å². The molecule has 0 spiro atoms. The molecule has 0 radical (unpaired) electrons. The van der Waals surface area contributed by atoms with Gasteiger partial charge >= 0.3 is 5.97 Å². The lowest BCUT2D eigenvalue weighted by atomic mass is 10.1. The fourth-order valence-electron chi connectivity index (χ4n) is 4.90. The van der Waals surface area contributed by atoms with Crippen LogP contribution in [0.25, 0.3) is 16.9 Å². The van der Waals surface area contributed by atoms with E-state index in [0.29, 0.717) is 5.95 Å². The normalized spacial score (nSPS) is 22.8. The summed E-state index contributed by atoms with van der Waals surface area (Å²) in [5.41, 5.74) is 10.0. The number of aromatic nitrogens is 3. The fraction of sp³-hybridized carbons (Fsp3) is 0.458. The highest BCUT2D eigenvalue weighted by molar-refractivity contribution is 5.72. The minimum atomic E-state index is -0.630. The molecule has 6 rings (SSSR count). The molecule has 2 aliphatic heterocycles. The third kappa shape index (κ3) is 4.20. The number of hydrogen-bond acceptors (Lipinski definition) is 6. The van der Waals surface area contributed by atoms with E-state index in [4.69, 9.17) is 10.8 Å². The predicted molar refractivity (Wildman–Crippen MR) is 123 cm³/mol. The molecule has 8 nitrogen and oxygen atoms in total. The molecule has 4 heterocycles. The number of hydrogen-bond donors (Lipinski definition) is 2. The van der Waals surface area contributed by atoms with Crippen molar-refractivity contribution in [2.45, 2.75) is 44.8 Å². The lowest BCUT2D eigenvalue weighted by molar-refractivity contribution is -0.138. The number of anilines is 1. The Morgan fingerprint density at radius 1 is 1.09 bits per heavy atom. The van der Waals surface area contributed by atoms with Crippen LogP contribution in [0, 0.1) is 5.92 Å². The molecule has 2 bridgehead atoms. The van der Waals surface area contributed by atoms with Crippen LogP contribution >= 0.6 is 0 Å². The molecule has 2 aromatic heterocycles. The van der Waals surface area contributed by atoms with E-state index in [1.165, 1.54) is 31.6 Å². The van der Waals surface area contributed by atoms with Crippen LogP contribution < -0.4 is 5.73 Å². The van der Waals surface area contributed by atoms with Gasteiger partial charge in [0.15, 0.2) is 5.65 Å². The number of carboxylic acid groups (broad SMARTS) is 1. The number of likely N-dealkylation sites (N-methyl/N-ethyl adjacent to an activating group) is 1. The van der Waals surface area contributed by atoms with Crippen LogP contribution in [0.5, 0.6) is 0 Å². The zero-order valence-corrected chi connectivity index (χ0v) is 18.4. The maximum absolute atomic E-state index is 9.76. The first-order valence-corrected chi connectivity index (χ1v) is 11.4. The van der Waals surface area contributed by atoms with E-state index in [2.05, 4.69) is 57.1 Å². The molecule has 168 valence electrons. The molecule has 1 saturated carbocycles.